The van der Waals surface area contributed by atoms with Crippen molar-refractivity contribution >= 4 is 28.8 Å². The molecule has 0 saturated carbocycles. The SMILES string of the molecule is Cc1nc(Nc2cccc(Cl)c2F)ccc1N. The summed E-state index contributed by atoms with van der Waals surface area (Å²) in [5.41, 5.74) is 7.23. The van der Waals surface area contributed by atoms with Gasteiger partial charge in [-0.1, -0.05) is 17.7 Å². The molecular weight excluding hydrogens is 241 g/mol. The number of nitrogens with zero attached hydrogens (tertiary/aromatic N) is 1. The van der Waals surface area contributed by atoms with Crippen LogP contribution in [0.3, 0.4) is 0 Å². The predicted molar refractivity (Wildman–Crippen MR) is 68.1 cm³/mol. The molecule has 0 fully saturated rings. The minimum absolute atomic E-state index is 0.0715. The number of pyridine rings is 1. The Balaban J connectivity index is 2.31. The normalized spacial score (nSPS) is 10.3. The highest BCUT2D eigenvalue weighted by molar-refractivity contribution is 6.31. The summed E-state index contributed by atoms with van der Waals surface area (Å²) in [5.74, 6) is 0.0308. The van der Waals surface area contributed by atoms with Crippen LogP contribution in [0.5, 0.6) is 0 Å². The summed E-state index contributed by atoms with van der Waals surface area (Å²) >= 11 is 5.68. The average molecular weight is 252 g/mol. The van der Waals surface area contributed by atoms with Crippen molar-refractivity contribution in [1.29, 1.82) is 0 Å². The summed E-state index contributed by atoms with van der Waals surface area (Å²) in [5, 5.41) is 2.93. The van der Waals surface area contributed by atoms with Crippen LogP contribution < -0.4 is 11.1 Å². The van der Waals surface area contributed by atoms with Crippen LogP contribution in [0.1, 0.15) is 5.69 Å². The maximum absolute atomic E-state index is 13.6. The van der Waals surface area contributed by atoms with E-state index in [1.165, 1.54) is 6.07 Å². The highest BCUT2D eigenvalue weighted by Gasteiger charge is 2.07. The summed E-state index contributed by atoms with van der Waals surface area (Å²) in [6.07, 6.45) is 0. The molecule has 3 N–H and O–H groups in total. The maximum Gasteiger partial charge on any atom is 0.165 e. The fourth-order valence-electron chi connectivity index (χ4n) is 1.38. The molecule has 0 bridgehead atoms. The maximum atomic E-state index is 13.6. The van der Waals surface area contributed by atoms with Crippen molar-refractivity contribution in [3.8, 4) is 0 Å². The van der Waals surface area contributed by atoms with E-state index < -0.39 is 5.82 Å². The van der Waals surface area contributed by atoms with Gasteiger partial charge in [0.05, 0.1) is 22.1 Å². The zero-order chi connectivity index (χ0) is 12.4. The second-order valence-corrected chi connectivity index (χ2v) is 4.00. The molecule has 0 unspecified atom stereocenters. The molecule has 1 aromatic carbocycles. The molecule has 5 heteroatoms. The van der Waals surface area contributed by atoms with Gasteiger partial charge in [0.25, 0.3) is 0 Å². The van der Waals surface area contributed by atoms with E-state index in [0.29, 0.717) is 17.2 Å². The lowest BCUT2D eigenvalue weighted by Gasteiger charge is -2.09. The van der Waals surface area contributed by atoms with Crippen LogP contribution in [-0.4, -0.2) is 4.98 Å². The number of halogens is 2. The molecule has 3 nitrogen and oxygen atoms in total. The first-order chi connectivity index (χ1) is 8.08. The number of aryl methyl sites for hydroxylation is 1. The lowest BCUT2D eigenvalue weighted by atomic mass is 10.3. The molecule has 0 radical (unpaired) electrons. The van der Waals surface area contributed by atoms with Crippen LogP contribution in [0.25, 0.3) is 0 Å². The smallest absolute Gasteiger partial charge is 0.165 e. The van der Waals surface area contributed by atoms with Crippen LogP contribution in [0.15, 0.2) is 30.3 Å². The number of nitrogen functional groups attached to an aromatic ring is 1. The lowest BCUT2D eigenvalue weighted by molar-refractivity contribution is 0.632. The second kappa shape index (κ2) is 4.59. The number of nitrogens with one attached hydrogen (secondary N) is 1. The average Bonchev–Trinajstić information content (AvgIpc) is 2.30. The van der Waals surface area contributed by atoms with Gasteiger partial charge in [0.2, 0.25) is 0 Å². The molecule has 17 heavy (non-hydrogen) atoms. The molecular formula is C12H11ClFN3. The van der Waals surface area contributed by atoms with E-state index >= 15 is 0 Å². The Morgan fingerprint density at radius 3 is 2.76 bits per heavy atom. The number of aromatic nitrogens is 1. The third-order valence-corrected chi connectivity index (χ3v) is 2.63. The second-order valence-electron chi connectivity index (χ2n) is 3.60. The number of nitrogens with two attached hydrogens (primary N) is 1. The standard InChI is InChI=1S/C12H11ClFN3/c1-7-9(15)5-6-11(16-7)17-10-4-2-3-8(13)12(10)14/h2-6H,15H2,1H3,(H,16,17). The Kier molecular flexibility index (Phi) is 3.15. The Hall–Kier alpha value is -1.81. The first-order valence-corrected chi connectivity index (χ1v) is 5.40. The molecule has 2 rings (SSSR count). The molecule has 0 aliphatic rings. The summed E-state index contributed by atoms with van der Waals surface area (Å²) < 4.78 is 13.6. The minimum atomic E-state index is -0.495. The zero-order valence-electron chi connectivity index (χ0n) is 9.17. The van der Waals surface area contributed by atoms with Gasteiger partial charge in [-0.3, -0.25) is 0 Å². The fourth-order valence-corrected chi connectivity index (χ4v) is 1.55. The quantitative estimate of drug-likeness (QED) is 0.859. The Labute approximate surface area is 103 Å². The van der Waals surface area contributed by atoms with Gasteiger partial charge in [0.1, 0.15) is 5.82 Å². The van der Waals surface area contributed by atoms with Crippen molar-refractivity contribution in [2.45, 2.75) is 6.92 Å². The minimum Gasteiger partial charge on any atom is -0.397 e. The summed E-state index contributed by atoms with van der Waals surface area (Å²) in [7, 11) is 0. The van der Waals surface area contributed by atoms with Gasteiger partial charge in [-0.2, -0.15) is 0 Å². The Bertz CT molecular complexity index is 557. The zero-order valence-corrected chi connectivity index (χ0v) is 9.92. The molecule has 0 amide bonds. The number of rotatable bonds is 2. The van der Waals surface area contributed by atoms with Crippen LogP contribution in [-0.2, 0) is 0 Å². The highest BCUT2D eigenvalue weighted by atomic mass is 35.5. The van der Waals surface area contributed by atoms with Gasteiger partial charge < -0.3 is 11.1 Å². The molecule has 0 aliphatic carbocycles. The summed E-state index contributed by atoms with van der Waals surface area (Å²) in [6.45, 7) is 1.79. The number of anilines is 3. The van der Waals surface area contributed by atoms with Crippen LogP contribution in [0.4, 0.5) is 21.6 Å². The van der Waals surface area contributed by atoms with Crippen LogP contribution in [0, 0.1) is 12.7 Å². The van der Waals surface area contributed by atoms with Gasteiger partial charge in [-0.25, -0.2) is 9.37 Å². The third kappa shape index (κ3) is 2.47. The van der Waals surface area contributed by atoms with E-state index in [9.17, 15) is 4.39 Å². The van der Waals surface area contributed by atoms with Crippen molar-refractivity contribution < 1.29 is 4.39 Å². The monoisotopic (exact) mass is 251 g/mol. The van der Waals surface area contributed by atoms with E-state index in [1.807, 2.05) is 0 Å². The van der Waals surface area contributed by atoms with Crippen molar-refractivity contribution in [3.05, 3.63) is 46.9 Å². The number of hydrogen-bond acceptors (Lipinski definition) is 3. The molecule has 1 heterocycles. The molecule has 88 valence electrons. The van der Waals surface area contributed by atoms with Crippen molar-refractivity contribution in [2.75, 3.05) is 11.1 Å². The molecule has 0 aliphatic heterocycles. The van der Waals surface area contributed by atoms with Gasteiger partial charge >= 0.3 is 0 Å². The van der Waals surface area contributed by atoms with Crippen molar-refractivity contribution in [3.63, 3.8) is 0 Å². The molecule has 0 atom stereocenters. The molecule has 0 spiro atoms. The lowest BCUT2D eigenvalue weighted by Crippen LogP contribution is -1.99. The van der Waals surface area contributed by atoms with Gasteiger partial charge in [-0.05, 0) is 31.2 Å². The third-order valence-electron chi connectivity index (χ3n) is 2.34. The van der Waals surface area contributed by atoms with Crippen LogP contribution in [0.2, 0.25) is 5.02 Å². The van der Waals surface area contributed by atoms with Gasteiger partial charge in [-0.15, -0.1) is 0 Å². The first kappa shape index (κ1) is 11.7. The largest absolute Gasteiger partial charge is 0.397 e. The first-order valence-electron chi connectivity index (χ1n) is 5.02. The molecule has 1 aromatic heterocycles. The number of benzene rings is 1. The summed E-state index contributed by atoms with van der Waals surface area (Å²) in [4.78, 5) is 4.19. The van der Waals surface area contributed by atoms with E-state index in [0.717, 1.165) is 0 Å². The van der Waals surface area contributed by atoms with Crippen molar-refractivity contribution in [1.82, 2.24) is 4.98 Å². The van der Waals surface area contributed by atoms with Gasteiger partial charge in [0, 0.05) is 0 Å². The van der Waals surface area contributed by atoms with Crippen LogP contribution >= 0.6 is 11.6 Å². The fraction of sp³-hybridized carbons (Fsp3) is 0.0833. The van der Waals surface area contributed by atoms with E-state index in [1.54, 1.807) is 31.2 Å². The Morgan fingerprint density at radius 2 is 2.06 bits per heavy atom. The molecule has 0 saturated heterocycles. The van der Waals surface area contributed by atoms with E-state index in [4.69, 9.17) is 17.3 Å². The topological polar surface area (TPSA) is 50.9 Å². The number of hydrogen-bond donors (Lipinski definition) is 2. The molecule has 2 aromatic rings. The van der Waals surface area contributed by atoms with Crippen molar-refractivity contribution in [2.24, 2.45) is 0 Å². The van der Waals surface area contributed by atoms with E-state index in [2.05, 4.69) is 10.3 Å². The van der Waals surface area contributed by atoms with Gasteiger partial charge in [0.15, 0.2) is 5.82 Å². The predicted octanol–water partition coefficient (Wildman–Crippen LogP) is 3.51. The Morgan fingerprint density at radius 1 is 1.29 bits per heavy atom. The van der Waals surface area contributed by atoms with E-state index in [-0.39, 0.29) is 10.7 Å². The highest BCUT2D eigenvalue weighted by Crippen LogP contribution is 2.25. The summed E-state index contributed by atoms with van der Waals surface area (Å²) in [6, 6.07) is 8.14.